The van der Waals surface area contributed by atoms with Crippen LogP contribution in [0.3, 0.4) is 0 Å². The first-order chi connectivity index (χ1) is 18.2. The second-order valence-electron chi connectivity index (χ2n) is 12.2. The van der Waals surface area contributed by atoms with Gasteiger partial charge in [0.1, 0.15) is 17.3 Å². The molecular weight excluding hydrogens is 525 g/mol. The van der Waals surface area contributed by atoms with E-state index in [-0.39, 0.29) is 39.2 Å². The number of rotatable bonds is 3. The number of halogens is 2. The molecule has 38 heavy (non-hydrogen) atoms. The predicted molar refractivity (Wildman–Crippen MR) is 142 cm³/mol. The first kappa shape index (κ1) is 24.7. The molecule has 1 N–H and O–H groups in total. The zero-order valence-electron chi connectivity index (χ0n) is 21.5. The second kappa shape index (κ2) is 8.57. The Labute approximate surface area is 230 Å². The number of aliphatic hydroxyl groups excluding tert-OH is 1. The minimum atomic E-state index is -0.335. The molecule has 7 rings (SSSR count). The molecule has 0 bridgehead atoms. The molecule has 9 nitrogen and oxygen atoms in total. The van der Waals surface area contributed by atoms with Crippen LogP contribution in [-0.2, 0) is 11.3 Å². The van der Waals surface area contributed by atoms with E-state index in [1.165, 1.54) is 5.57 Å². The van der Waals surface area contributed by atoms with Crippen LogP contribution in [0.25, 0.3) is 11.2 Å². The highest BCUT2D eigenvalue weighted by molar-refractivity contribution is 6.35. The number of fused-ring (bicyclic) bond motifs is 6. The molecule has 3 heterocycles. The van der Waals surface area contributed by atoms with Crippen molar-refractivity contribution in [3.63, 3.8) is 0 Å². The fourth-order valence-electron chi connectivity index (χ4n) is 8.37. The van der Waals surface area contributed by atoms with Crippen molar-refractivity contribution in [2.24, 2.45) is 28.6 Å². The van der Waals surface area contributed by atoms with Crippen molar-refractivity contribution in [3.8, 4) is 0 Å². The molecular formula is C27H31Cl2N7O2. The molecule has 11 heteroatoms. The quantitative estimate of drug-likeness (QED) is 0.280. The van der Waals surface area contributed by atoms with Gasteiger partial charge >= 0.3 is 0 Å². The number of hydrogen-bond donors (Lipinski definition) is 1. The van der Waals surface area contributed by atoms with E-state index in [1.807, 2.05) is 6.20 Å². The third-order valence-corrected chi connectivity index (χ3v) is 10.8. The van der Waals surface area contributed by atoms with E-state index < -0.39 is 0 Å². The van der Waals surface area contributed by atoms with Gasteiger partial charge in [0.05, 0.1) is 25.2 Å². The van der Waals surface area contributed by atoms with Crippen LogP contribution in [0.1, 0.15) is 70.5 Å². The largest absolute Gasteiger partial charge is 0.393 e. The number of carbonyl (C=O) groups is 1. The summed E-state index contributed by atoms with van der Waals surface area (Å²) < 4.78 is 3.58. The smallest absolute Gasteiger partial charge is 0.225 e. The average Bonchev–Trinajstić information content (AvgIpc) is 3.57. The van der Waals surface area contributed by atoms with Crippen molar-refractivity contribution in [3.05, 3.63) is 40.3 Å². The normalized spacial score (nSPS) is 36.6. The Kier molecular flexibility index (Phi) is 5.56. The van der Waals surface area contributed by atoms with Crippen LogP contribution in [0.5, 0.6) is 0 Å². The lowest BCUT2D eigenvalue weighted by molar-refractivity contribution is -0.134. The minimum Gasteiger partial charge on any atom is -0.393 e. The highest BCUT2D eigenvalue weighted by Gasteiger charge is 2.61. The van der Waals surface area contributed by atoms with Crippen LogP contribution in [0.2, 0.25) is 10.4 Å². The Morgan fingerprint density at radius 1 is 1.13 bits per heavy atom. The molecule has 200 valence electrons. The van der Waals surface area contributed by atoms with Crippen LogP contribution in [0.15, 0.2) is 24.2 Å². The average molecular weight is 556 g/mol. The van der Waals surface area contributed by atoms with Crippen LogP contribution in [-0.4, -0.2) is 51.5 Å². The van der Waals surface area contributed by atoms with Crippen LogP contribution in [0.4, 0.5) is 0 Å². The summed E-state index contributed by atoms with van der Waals surface area (Å²) in [6.45, 7) is 4.97. The predicted octanol–water partition coefficient (Wildman–Crippen LogP) is 4.82. The Hall–Kier alpha value is -2.36. The zero-order chi connectivity index (χ0) is 26.4. The maximum absolute atomic E-state index is 13.9. The minimum absolute atomic E-state index is 0.0570. The van der Waals surface area contributed by atoms with Gasteiger partial charge in [-0.15, -0.1) is 5.10 Å². The summed E-state index contributed by atoms with van der Waals surface area (Å²) in [7, 11) is 0. The summed E-state index contributed by atoms with van der Waals surface area (Å²) in [4.78, 5) is 26.4. The van der Waals surface area contributed by atoms with E-state index in [2.05, 4.69) is 45.2 Å². The Morgan fingerprint density at radius 3 is 2.79 bits per heavy atom. The standard InChI is InChI=1S/C27H31Cl2N7O2/c1-26-7-5-16(37)9-14(26)3-4-17-18(26)6-8-27(2)19(17)10-20(22(27)38)36-12-15(33-34-36)11-35-13-30-21-23(28)31-25(29)32-24(21)35/h3,12-13,16-20,37H,4-11H2,1-2H3/t16-,17+,18-,19-,20-,26-,27-/m0/s1. The first-order valence-corrected chi connectivity index (χ1v) is 14.3. The molecule has 0 spiro atoms. The van der Waals surface area contributed by atoms with E-state index in [4.69, 9.17) is 23.2 Å². The number of Topliss-reactive ketones (excluding diaryl/α,β-unsaturated/α-hetero) is 1. The number of imidazole rings is 1. The van der Waals surface area contributed by atoms with Gasteiger partial charge in [0, 0.05) is 5.41 Å². The second-order valence-corrected chi connectivity index (χ2v) is 12.9. The number of aromatic nitrogens is 7. The number of hydrogen-bond acceptors (Lipinski definition) is 7. The molecule has 3 saturated carbocycles. The molecule has 0 radical (unpaired) electrons. The van der Waals surface area contributed by atoms with Gasteiger partial charge in [-0.25, -0.2) is 14.6 Å². The number of aliphatic hydroxyl groups is 1. The van der Waals surface area contributed by atoms with E-state index in [0.717, 1.165) is 44.9 Å². The molecule has 3 fully saturated rings. The molecule has 0 saturated heterocycles. The van der Waals surface area contributed by atoms with E-state index in [0.29, 0.717) is 41.2 Å². The summed E-state index contributed by atoms with van der Waals surface area (Å²) in [5, 5.41) is 19.3. The highest BCUT2D eigenvalue weighted by Crippen LogP contribution is 2.65. The van der Waals surface area contributed by atoms with Crippen molar-refractivity contribution in [2.75, 3.05) is 0 Å². The van der Waals surface area contributed by atoms with Crippen molar-refractivity contribution < 1.29 is 9.90 Å². The molecule has 3 aromatic heterocycles. The van der Waals surface area contributed by atoms with Crippen molar-refractivity contribution in [1.29, 1.82) is 0 Å². The van der Waals surface area contributed by atoms with Crippen LogP contribution < -0.4 is 0 Å². The molecule has 4 aliphatic rings. The fourth-order valence-corrected chi connectivity index (χ4v) is 8.79. The van der Waals surface area contributed by atoms with Crippen molar-refractivity contribution in [2.45, 2.75) is 77.5 Å². The fraction of sp³-hybridized carbons (Fsp3) is 0.630. The summed E-state index contributed by atoms with van der Waals surface area (Å²) in [6, 6.07) is -0.304. The monoisotopic (exact) mass is 555 g/mol. The van der Waals surface area contributed by atoms with Gasteiger partial charge in [-0.1, -0.05) is 42.3 Å². The third kappa shape index (κ3) is 3.54. The van der Waals surface area contributed by atoms with Gasteiger partial charge in [-0.2, -0.15) is 4.98 Å². The first-order valence-electron chi connectivity index (χ1n) is 13.5. The number of nitrogens with zero attached hydrogens (tertiary/aromatic N) is 7. The number of ketones is 1. The summed E-state index contributed by atoms with van der Waals surface area (Å²) in [5.41, 5.74) is 2.97. The lowest BCUT2D eigenvalue weighted by Gasteiger charge is -2.56. The van der Waals surface area contributed by atoms with Crippen molar-refractivity contribution in [1.82, 2.24) is 34.5 Å². The van der Waals surface area contributed by atoms with Gasteiger partial charge in [0.2, 0.25) is 5.28 Å². The highest BCUT2D eigenvalue weighted by atomic mass is 35.5. The van der Waals surface area contributed by atoms with Crippen molar-refractivity contribution >= 4 is 40.1 Å². The molecule has 0 aromatic carbocycles. The SMILES string of the molecule is C[C@]12CC[C@H](O)CC1=CC[C@@H]1[C@@H]2CC[C@]2(C)C(=O)[C@@H](n3cc(Cn4cnc5c(Cl)nc(Cl)nc54)nn3)C[C@@H]12. The zero-order valence-corrected chi connectivity index (χ0v) is 23.0. The maximum Gasteiger partial charge on any atom is 0.225 e. The lowest BCUT2D eigenvalue weighted by Crippen LogP contribution is -2.50. The van der Waals surface area contributed by atoms with Crippen LogP contribution in [0, 0.1) is 28.6 Å². The van der Waals surface area contributed by atoms with Gasteiger partial charge < -0.3 is 9.67 Å². The Morgan fingerprint density at radius 2 is 1.95 bits per heavy atom. The van der Waals surface area contributed by atoms with Gasteiger partial charge in [-0.05, 0) is 79.7 Å². The molecule has 0 aliphatic heterocycles. The number of allylic oxidation sites excluding steroid dienone is 1. The number of carbonyl (C=O) groups excluding carboxylic acids is 1. The molecule has 0 amide bonds. The third-order valence-electron chi connectivity index (χ3n) is 10.4. The molecule has 0 unspecified atom stereocenters. The summed E-state index contributed by atoms with van der Waals surface area (Å²) in [5.74, 6) is 1.67. The topological polar surface area (TPSA) is 112 Å². The van der Waals surface area contributed by atoms with Gasteiger partial charge in [-0.3, -0.25) is 4.79 Å². The van der Waals surface area contributed by atoms with E-state index >= 15 is 0 Å². The Bertz CT molecular complexity index is 1480. The summed E-state index contributed by atoms with van der Waals surface area (Å²) >= 11 is 12.2. The maximum atomic E-state index is 13.9. The molecule has 3 aromatic rings. The summed E-state index contributed by atoms with van der Waals surface area (Å²) in [6.07, 6.45) is 12.2. The molecule has 7 atom stereocenters. The van der Waals surface area contributed by atoms with E-state index in [9.17, 15) is 9.90 Å². The molecule has 4 aliphatic carbocycles. The van der Waals surface area contributed by atoms with Crippen LogP contribution >= 0.6 is 23.2 Å². The lowest BCUT2D eigenvalue weighted by atomic mass is 9.48. The van der Waals surface area contributed by atoms with E-state index in [1.54, 1.807) is 15.6 Å². The Balaban J connectivity index is 1.15. The van der Waals surface area contributed by atoms with Gasteiger partial charge in [0.15, 0.2) is 16.6 Å². The van der Waals surface area contributed by atoms with Gasteiger partial charge in [0.25, 0.3) is 0 Å².